The van der Waals surface area contributed by atoms with Crippen LogP contribution >= 0.6 is 46.3 Å². The molecule has 1 atom stereocenters. The van der Waals surface area contributed by atoms with Gasteiger partial charge in [0.1, 0.15) is 0 Å². The fourth-order valence-corrected chi connectivity index (χ4v) is 5.09. The van der Waals surface area contributed by atoms with E-state index in [9.17, 15) is 9.59 Å². The van der Waals surface area contributed by atoms with Gasteiger partial charge in [0.2, 0.25) is 5.91 Å². The minimum atomic E-state index is -0.379. The summed E-state index contributed by atoms with van der Waals surface area (Å²) in [7, 11) is 0. The minimum absolute atomic E-state index is 0.167. The molecule has 0 radical (unpaired) electrons. The molecule has 0 spiro atoms. The number of anilines is 2. The molecule has 1 unspecified atom stereocenters. The quantitative estimate of drug-likeness (QED) is 0.234. The normalized spacial score (nSPS) is 11.7. The molecule has 4 aromatic rings. The van der Waals surface area contributed by atoms with E-state index in [1.54, 1.807) is 24.3 Å². The maximum atomic E-state index is 12.8. The largest absolute Gasteiger partial charge is 0.322 e. The van der Waals surface area contributed by atoms with Crippen LogP contribution < -0.4 is 10.6 Å². The molecule has 0 fully saturated rings. The number of nitrogens with zero attached hydrogens (tertiary/aromatic N) is 1. The van der Waals surface area contributed by atoms with E-state index < -0.39 is 0 Å². The first-order valence-corrected chi connectivity index (χ1v) is 13.2. The molecule has 0 aliphatic heterocycles. The van der Waals surface area contributed by atoms with E-state index in [-0.39, 0.29) is 17.1 Å². The highest BCUT2D eigenvalue weighted by atomic mass is 35.5. The highest BCUT2D eigenvalue weighted by Gasteiger charge is 2.17. The maximum Gasteiger partial charge on any atom is 0.255 e. The van der Waals surface area contributed by atoms with Crippen molar-refractivity contribution >= 4 is 68.9 Å². The molecule has 4 rings (SSSR count). The van der Waals surface area contributed by atoms with Gasteiger partial charge in [0.15, 0.2) is 5.13 Å². The number of aromatic nitrogens is 1. The lowest BCUT2D eigenvalue weighted by atomic mass is 10.1. The molecule has 3 aromatic carbocycles. The first kappa shape index (κ1) is 25.3. The van der Waals surface area contributed by atoms with Crippen molar-refractivity contribution in [2.75, 3.05) is 10.6 Å². The Kier molecular flexibility index (Phi) is 8.13. The van der Waals surface area contributed by atoms with Crippen LogP contribution in [-0.4, -0.2) is 22.0 Å². The summed E-state index contributed by atoms with van der Waals surface area (Å²) < 4.78 is 0. The molecule has 9 heteroatoms. The first-order chi connectivity index (χ1) is 16.8. The van der Waals surface area contributed by atoms with Gasteiger partial charge in [0, 0.05) is 27.1 Å². The van der Waals surface area contributed by atoms with E-state index in [1.807, 2.05) is 61.7 Å². The van der Waals surface area contributed by atoms with Crippen LogP contribution in [0.2, 0.25) is 10.0 Å². The van der Waals surface area contributed by atoms with Gasteiger partial charge in [0.25, 0.3) is 5.91 Å². The number of carbonyl (C=O) groups excluding carboxylic acids is 2. The summed E-state index contributed by atoms with van der Waals surface area (Å²) in [5.41, 5.74) is 3.88. The second kappa shape index (κ2) is 11.3. The van der Waals surface area contributed by atoms with Gasteiger partial charge in [-0.3, -0.25) is 9.59 Å². The molecule has 0 saturated heterocycles. The van der Waals surface area contributed by atoms with Crippen molar-refractivity contribution in [2.45, 2.75) is 24.0 Å². The number of benzene rings is 3. The number of amides is 2. The van der Waals surface area contributed by atoms with E-state index in [0.29, 0.717) is 32.1 Å². The number of hydrogen-bond donors (Lipinski definition) is 2. The zero-order valence-electron chi connectivity index (χ0n) is 18.8. The number of thioether (sulfide) groups is 1. The SMILES string of the molecule is Cc1ccc(C(=O)Nc2cccc(SC(C)C(=O)Nc3nc(-c4ccc(Cl)c(Cl)c4)cs3)c2)cc1. The average Bonchev–Trinajstić information content (AvgIpc) is 3.30. The van der Waals surface area contributed by atoms with Crippen molar-refractivity contribution < 1.29 is 9.59 Å². The smallest absolute Gasteiger partial charge is 0.255 e. The molecule has 0 aliphatic carbocycles. The zero-order valence-corrected chi connectivity index (χ0v) is 22.0. The number of aryl methyl sites for hydroxylation is 1. The van der Waals surface area contributed by atoms with Crippen LogP contribution in [0.4, 0.5) is 10.8 Å². The van der Waals surface area contributed by atoms with Crippen LogP contribution in [0.1, 0.15) is 22.8 Å². The Morgan fingerprint density at radius 3 is 2.49 bits per heavy atom. The third kappa shape index (κ3) is 6.64. The Hall–Kier alpha value is -2.84. The second-order valence-electron chi connectivity index (χ2n) is 7.76. The Balaban J connectivity index is 1.36. The summed E-state index contributed by atoms with van der Waals surface area (Å²) in [5, 5.41) is 8.68. The van der Waals surface area contributed by atoms with E-state index >= 15 is 0 Å². The molecule has 0 aliphatic rings. The second-order valence-corrected chi connectivity index (χ2v) is 10.9. The number of thiazole rings is 1. The number of nitrogens with one attached hydrogen (secondary N) is 2. The number of halogens is 2. The third-order valence-corrected chi connectivity index (χ3v) is 7.63. The predicted octanol–water partition coefficient (Wildman–Crippen LogP) is 7.80. The molecule has 1 aromatic heterocycles. The van der Waals surface area contributed by atoms with Crippen LogP contribution in [0.25, 0.3) is 11.3 Å². The van der Waals surface area contributed by atoms with Crippen molar-refractivity contribution in [1.29, 1.82) is 0 Å². The Morgan fingerprint density at radius 2 is 1.74 bits per heavy atom. The Morgan fingerprint density at radius 1 is 0.971 bits per heavy atom. The monoisotopic (exact) mass is 541 g/mol. The summed E-state index contributed by atoms with van der Waals surface area (Å²) in [6, 6.07) is 20.1. The van der Waals surface area contributed by atoms with E-state index in [4.69, 9.17) is 23.2 Å². The summed E-state index contributed by atoms with van der Waals surface area (Å²) in [6.45, 7) is 3.80. The molecular formula is C26H21Cl2N3O2S2. The zero-order chi connectivity index (χ0) is 24.9. The summed E-state index contributed by atoms with van der Waals surface area (Å²) in [6.07, 6.45) is 0. The van der Waals surface area contributed by atoms with E-state index in [1.165, 1.54) is 23.1 Å². The van der Waals surface area contributed by atoms with Crippen molar-refractivity contribution in [3.8, 4) is 11.3 Å². The third-order valence-electron chi connectivity index (χ3n) is 5.04. The summed E-state index contributed by atoms with van der Waals surface area (Å²) in [4.78, 5) is 30.6. The van der Waals surface area contributed by atoms with Crippen molar-refractivity contribution in [3.63, 3.8) is 0 Å². The average molecular weight is 543 g/mol. The lowest BCUT2D eigenvalue weighted by molar-refractivity contribution is -0.115. The van der Waals surface area contributed by atoms with Gasteiger partial charge < -0.3 is 10.6 Å². The molecule has 35 heavy (non-hydrogen) atoms. The molecule has 0 bridgehead atoms. The van der Waals surface area contributed by atoms with Crippen LogP contribution in [0.3, 0.4) is 0 Å². The molecule has 2 amide bonds. The fourth-order valence-electron chi connectivity index (χ4n) is 3.14. The van der Waals surface area contributed by atoms with Crippen molar-refractivity contribution in [3.05, 3.63) is 93.3 Å². The molecule has 2 N–H and O–H groups in total. The topological polar surface area (TPSA) is 71.1 Å². The van der Waals surface area contributed by atoms with Crippen LogP contribution in [0.5, 0.6) is 0 Å². The fraction of sp³-hybridized carbons (Fsp3) is 0.115. The molecule has 1 heterocycles. The lowest BCUT2D eigenvalue weighted by Crippen LogP contribution is -2.22. The number of carbonyl (C=O) groups is 2. The highest BCUT2D eigenvalue weighted by Crippen LogP contribution is 2.31. The lowest BCUT2D eigenvalue weighted by Gasteiger charge is -2.12. The maximum absolute atomic E-state index is 12.8. The Bertz CT molecular complexity index is 1370. The Labute approximate surface area is 221 Å². The van der Waals surface area contributed by atoms with Gasteiger partial charge in [0.05, 0.1) is 21.0 Å². The standard InChI is InChI=1S/C26H21Cl2N3O2S2/c1-15-6-8-17(9-7-15)25(33)29-19-4-3-5-20(13-19)35-16(2)24(32)31-26-30-23(14-34-26)18-10-11-21(27)22(28)12-18/h3-14,16H,1-2H3,(H,29,33)(H,30,31,32). The van der Waals surface area contributed by atoms with Gasteiger partial charge in [-0.15, -0.1) is 23.1 Å². The van der Waals surface area contributed by atoms with E-state index in [2.05, 4.69) is 15.6 Å². The molecule has 178 valence electrons. The van der Waals surface area contributed by atoms with Gasteiger partial charge in [-0.2, -0.15) is 0 Å². The van der Waals surface area contributed by atoms with Crippen molar-refractivity contribution in [2.24, 2.45) is 0 Å². The van der Waals surface area contributed by atoms with Gasteiger partial charge >= 0.3 is 0 Å². The summed E-state index contributed by atoms with van der Waals surface area (Å²) >= 11 is 14.8. The highest BCUT2D eigenvalue weighted by molar-refractivity contribution is 8.00. The summed E-state index contributed by atoms with van der Waals surface area (Å²) in [5.74, 6) is -0.348. The predicted molar refractivity (Wildman–Crippen MR) is 147 cm³/mol. The minimum Gasteiger partial charge on any atom is -0.322 e. The van der Waals surface area contributed by atoms with Crippen LogP contribution in [-0.2, 0) is 4.79 Å². The van der Waals surface area contributed by atoms with Crippen molar-refractivity contribution in [1.82, 2.24) is 4.98 Å². The molecular weight excluding hydrogens is 521 g/mol. The van der Waals surface area contributed by atoms with E-state index in [0.717, 1.165) is 16.0 Å². The van der Waals surface area contributed by atoms with Gasteiger partial charge in [-0.05, 0) is 56.3 Å². The molecule has 5 nitrogen and oxygen atoms in total. The number of rotatable bonds is 7. The van der Waals surface area contributed by atoms with Gasteiger partial charge in [-0.25, -0.2) is 4.98 Å². The molecule has 0 saturated carbocycles. The van der Waals surface area contributed by atoms with Gasteiger partial charge in [-0.1, -0.05) is 53.0 Å². The first-order valence-electron chi connectivity index (χ1n) is 10.6. The van der Waals surface area contributed by atoms with Crippen LogP contribution in [0.15, 0.2) is 77.0 Å². The van der Waals surface area contributed by atoms with Crippen LogP contribution in [0, 0.1) is 6.92 Å². The number of hydrogen-bond acceptors (Lipinski definition) is 5.